The molecule has 1 heterocycles. The summed E-state index contributed by atoms with van der Waals surface area (Å²) >= 11 is 1.35. The number of aryl methyl sites for hydroxylation is 1. The van der Waals surface area contributed by atoms with Gasteiger partial charge >= 0.3 is 0 Å². The number of aromatic nitrogens is 3. The lowest BCUT2D eigenvalue weighted by Crippen LogP contribution is -2.28. The van der Waals surface area contributed by atoms with E-state index in [9.17, 15) is 4.79 Å². The van der Waals surface area contributed by atoms with Gasteiger partial charge in [-0.15, -0.1) is 10.2 Å². The van der Waals surface area contributed by atoms with Gasteiger partial charge in [0.25, 0.3) is 0 Å². The third kappa shape index (κ3) is 4.76. The van der Waals surface area contributed by atoms with Crippen LogP contribution < -0.4 is 14.8 Å². The molecule has 8 heteroatoms. The molecule has 0 bridgehead atoms. The van der Waals surface area contributed by atoms with E-state index in [0.717, 1.165) is 22.5 Å². The van der Waals surface area contributed by atoms with Crippen molar-refractivity contribution in [1.29, 1.82) is 0 Å². The lowest BCUT2D eigenvalue weighted by molar-refractivity contribution is -0.119. The van der Waals surface area contributed by atoms with Gasteiger partial charge in [0.2, 0.25) is 5.91 Å². The molecular formula is C22H26N4O3S. The molecule has 30 heavy (non-hydrogen) atoms. The molecule has 1 N–H and O–H groups in total. The fourth-order valence-electron chi connectivity index (χ4n) is 3.17. The number of hydrogen-bond donors (Lipinski definition) is 1. The van der Waals surface area contributed by atoms with Gasteiger partial charge in [0.15, 0.2) is 11.0 Å². The Kier molecular flexibility index (Phi) is 6.99. The summed E-state index contributed by atoms with van der Waals surface area (Å²) in [5.74, 6) is 2.33. The number of hydrogen-bond acceptors (Lipinski definition) is 6. The Bertz CT molecular complexity index is 1030. The number of carbonyl (C=O) groups excluding carboxylic acids is 1. The van der Waals surface area contributed by atoms with E-state index in [2.05, 4.69) is 15.5 Å². The first kappa shape index (κ1) is 21.7. The SMILES string of the molecule is COc1ccc(OC)c(C(C)NC(=O)CSc2nnc(-c3ccccc3C)n2C)c1. The zero-order chi connectivity index (χ0) is 21.7. The molecule has 1 unspecified atom stereocenters. The molecule has 0 spiro atoms. The predicted molar refractivity (Wildman–Crippen MR) is 118 cm³/mol. The largest absolute Gasteiger partial charge is 0.497 e. The summed E-state index contributed by atoms with van der Waals surface area (Å²) < 4.78 is 12.6. The van der Waals surface area contributed by atoms with Crippen LogP contribution in [-0.4, -0.2) is 40.6 Å². The number of ether oxygens (including phenoxy) is 2. The molecule has 1 atom stereocenters. The van der Waals surface area contributed by atoms with Gasteiger partial charge in [-0.05, 0) is 37.6 Å². The molecule has 0 aliphatic rings. The highest BCUT2D eigenvalue weighted by Crippen LogP contribution is 2.29. The van der Waals surface area contributed by atoms with Crippen molar-refractivity contribution >= 4 is 17.7 Å². The topological polar surface area (TPSA) is 78.3 Å². The highest BCUT2D eigenvalue weighted by atomic mass is 32.2. The van der Waals surface area contributed by atoms with Crippen LogP contribution in [0.25, 0.3) is 11.4 Å². The standard InChI is InChI=1S/C22H26N4O3S/c1-14-8-6-7-9-17(14)21-24-25-22(26(21)3)30-13-20(27)23-15(2)18-12-16(28-4)10-11-19(18)29-5/h6-12,15H,13H2,1-5H3,(H,23,27). The van der Waals surface area contributed by atoms with E-state index < -0.39 is 0 Å². The Hall–Kier alpha value is -3.00. The van der Waals surface area contributed by atoms with Gasteiger partial charge in [-0.2, -0.15) is 0 Å². The van der Waals surface area contributed by atoms with Gasteiger partial charge in [0.05, 0.1) is 26.0 Å². The molecule has 0 fully saturated rings. The first-order valence-corrected chi connectivity index (χ1v) is 10.5. The number of thioether (sulfide) groups is 1. The highest BCUT2D eigenvalue weighted by molar-refractivity contribution is 7.99. The molecule has 7 nitrogen and oxygen atoms in total. The summed E-state index contributed by atoms with van der Waals surface area (Å²) in [6, 6.07) is 13.3. The number of methoxy groups -OCH3 is 2. The fraction of sp³-hybridized carbons (Fsp3) is 0.318. The van der Waals surface area contributed by atoms with Gasteiger partial charge in [-0.25, -0.2) is 0 Å². The highest BCUT2D eigenvalue weighted by Gasteiger charge is 2.17. The van der Waals surface area contributed by atoms with Crippen LogP contribution in [-0.2, 0) is 11.8 Å². The second kappa shape index (κ2) is 9.67. The quantitative estimate of drug-likeness (QED) is 0.553. The monoisotopic (exact) mass is 426 g/mol. The number of nitrogens with zero attached hydrogens (tertiary/aromatic N) is 3. The lowest BCUT2D eigenvalue weighted by Gasteiger charge is -2.18. The minimum absolute atomic E-state index is 0.0992. The number of benzene rings is 2. The first-order valence-electron chi connectivity index (χ1n) is 9.54. The number of amides is 1. The summed E-state index contributed by atoms with van der Waals surface area (Å²) in [5.41, 5.74) is 3.02. The average Bonchev–Trinajstić information content (AvgIpc) is 3.12. The van der Waals surface area contributed by atoms with E-state index in [0.29, 0.717) is 16.7 Å². The molecular weight excluding hydrogens is 400 g/mol. The Balaban J connectivity index is 1.65. The molecule has 0 aliphatic heterocycles. The van der Waals surface area contributed by atoms with Crippen molar-refractivity contribution in [3.05, 3.63) is 53.6 Å². The maximum absolute atomic E-state index is 12.5. The van der Waals surface area contributed by atoms with E-state index >= 15 is 0 Å². The molecule has 0 radical (unpaired) electrons. The molecule has 3 aromatic rings. The van der Waals surface area contributed by atoms with Crippen molar-refractivity contribution in [2.75, 3.05) is 20.0 Å². The second-order valence-electron chi connectivity index (χ2n) is 6.87. The lowest BCUT2D eigenvalue weighted by atomic mass is 10.1. The summed E-state index contributed by atoms with van der Waals surface area (Å²) in [5, 5.41) is 12.3. The fourth-order valence-corrected chi connectivity index (χ4v) is 3.89. The van der Waals surface area contributed by atoms with Crippen LogP contribution in [0, 0.1) is 6.92 Å². The minimum atomic E-state index is -0.231. The molecule has 0 aliphatic carbocycles. The number of carbonyl (C=O) groups is 1. The van der Waals surface area contributed by atoms with Gasteiger partial charge < -0.3 is 19.4 Å². The molecule has 2 aromatic carbocycles. The zero-order valence-corrected chi connectivity index (χ0v) is 18.6. The molecule has 0 saturated carbocycles. The third-order valence-electron chi connectivity index (χ3n) is 4.83. The average molecular weight is 427 g/mol. The third-order valence-corrected chi connectivity index (χ3v) is 5.85. The molecule has 1 amide bonds. The van der Waals surface area contributed by atoms with Gasteiger partial charge in [0, 0.05) is 18.2 Å². The predicted octanol–water partition coefficient (Wildman–Crippen LogP) is 3.78. The van der Waals surface area contributed by atoms with Crippen molar-refractivity contribution < 1.29 is 14.3 Å². The van der Waals surface area contributed by atoms with E-state index in [1.807, 2.05) is 67.9 Å². The summed E-state index contributed by atoms with van der Waals surface area (Å²) in [7, 11) is 5.12. The molecule has 158 valence electrons. The van der Waals surface area contributed by atoms with E-state index in [-0.39, 0.29) is 17.7 Å². The Morgan fingerprint density at radius 2 is 1.93 bits per heavy atom. The van der Waals surface area contributed by atoms with Crippen molar-refractivity contribution in [2.24, 2.45) is 7.05 Å². The van der Waals surface area contributed by atoms with Gasteiger partial charge in [-0.1, -0.05) is 36.0 Å². The molecule has 0 saturated heterocycles. The normalized spacial score (nSPS) is 11.8. The maximum Gasteiger partial charge on any atom is 0.230 e. The zero-order valence-electron chi connectivity index (χ0n) is 17.8. The Labute approximate surface area is 180 Å². The van der Waals surface area contributed by atoms with Crippen molar-refractivity contribution in [3.63, 3.8) is 0 Å². The second-order valence-corrected chi connectivity index (χ2v) is 7.81. The van der Waals surface area contributed by atoms with Crippen molar-refractivity contribution in [2.45, 2.75) is 25.0 Å². The smallest absolute Gasteiger partial charge is 0.230 e. The van der Waals surface area contributed by atoms with E-state index in [1.165, 1.54) is 11.8 Å². The molecule has 3 rings (SSSR count). The van der Waals surface area contributed by atoms with Gasteiger partial charge in [-0.3, -0.25) is 4.79 Å². The van der Waals surface area contributed by atoms with Crippen LogP contribution in [0.15, 0.2) is 47.6 Å². The van der Waals surface area contributed by atoms with Crippen LogP contribution in [0.4, 0.5) is 0 Å². The number of rotatable bonds is 8. The number of nitrogens with one attached hydrogen (secondary N) is 1. The van der Waals surface area contributed by atoms with Crippen LogP contribution >= 0.6 is 11.8 Å². The van der Waals surface area contributed by atoms with Crippen LogP contribution in [0.3, 0.4) is 0 Å². The summed E-state index contributed by atoms with van der Waals surface area (Å²) in [4.78, 5) is 12.5. The Morgan fingerprint density at radius 1 is 1.17 bits per heavy atom. The van der Waals surface area contributed by atoms with Crippen LogP contribution in [0.2, 0.25) is 0 Å². The Morgan fingerprint density at radius 3 is 2.63 bits per heavy atom. The van der Waals surface area contributed by atoms with Gasteiger partial charge in [0.1, 0.15) is 11.5 Å². The van der Waals surface area contributed by atoms with Crippen LogP contribution in [0.5, 0.6) is 11.5 Å². The van der Waals surface area contributed by atoms with Crippen molar-refractivity contribution in [3.8, 4) is 22.9 Å². The van der Waals surface area contributed by atoms with E-state index in [1.54, 1.807) is 14.2 Å². The molecule has 1 aromatic heterocycles. The van der Waals surface area contributed by atoms with Crippen molar-refractivity contribution in [1.82, 2.24) is 20.1 Å². The maximum atomic E-state index is 12.5. The van der Waals surface area contributed by atoms with Crippen LogP contribution in [0.1, 0.15) is 24.1 Å². The summed E-state index contributed by atoms with van der Waals surface area (Å²) in [6.07, 6.45) is 0. The summed E-state index contributed by atoms with van der Waals surface area (Å²) in [6.45, 7) is 3.96. The first-order chi connectivity index (χ1) is 14.4. The van der Waals surface area contributed by atoms with E-state index in [4.69, 9.17) is 9.47 Å². The minimum Gasteiger partial charge on any atom is -0.497 e.